The molecule has 1 saturated carbocycles. The molecule has 0 aromatic carbocycles. The molecule has 4 nitrogen and oxygen atoms in total. The van der Waals surface area contributed by atoms with Crippen LogP contribution in [-0.4, -0.2) is 23.2 Å². The van der Waals surface area contributed by atoms with Gasteiger partial charge in [-0.25, -0.2) is 9.78 Å². The Morgan fingerprint density at radius 2 is 1.95 bits per heavy atom. The summed E-state index contributed by atoms with van der Waals surface area (Å²) in [7, 11) is 0. The van der Waals surface area contributed by atoms with Gasteiger partial charge in [-0.05, 0) is 45.6 Å². The molecule has 116 valence electrons. The van der Waals surface area contributed by atoms with Crippen molar-refractivity contribution in [1.82, 2.24) is 4.98 Å². The van der Waals surface area contributed by atoms with Gasteiger partial charge in [-0.3, -0.25) is 0 Å². The number of aryl methyl sites for hydroxylation is 1. The molecule has 6 heteroatoms. The topological polar surface area (TPSA) is 48.4 Å². The van der Waals surface area contributed by atoms with Gasteiger partial charge in [-0.15, -0.1) is 0 Å². The van der Waals surface area contributed by atoms with Crippen LogP contribution in [0.15, 0.2) is 6.07 Å². The Labute approximate surface area is 134 Å². The molecule has 1 unspecified atom stereocenters. The quantitative estimate of drug-likeness (QED) is 0.770. The van der Waals surface area contributed by atoms with Crippen molar-refractivity contribution in [1.29, 1.82) is 0 Å². The number of esters is 1. The van der Waals surface area contributed by atoms with E-state index in [1.165, 1.54) is 6.42 Å². The molecule has 0 N–H and O–H groups in total. The second-order valence-corrected chi connectivity index (χ2v) is 6.11. The van der Waals surface area contributed by atoms with E-state index in [9.17, 15) is 4.79 Å². The van der Waals surface area contributed by atoms with Crippen LogP contribution in [0.3, 0.4) is 0 Å². The van der Waals surface area contributed by atoms with Crippen molar-refractivity contribution < 1.29 is 14.3 Å². The summed E-state index contributed by atoms with van der Waals surface area (Å²) >= 11 is 11.9. The van der Waals surface area contributed by atoms with Crippen LogP contribution < -0.4 is 4.74 Å². The summed E-state index contributed by atoms with van der Waals surface area (Å²) in [5.74, 6) is -0.181. The average molecular weight is 332 g/mol. The average Bonchev–Trinajstić information content (AvgIpc) is 2.45. The second-order valence-electron chi connectivity index (χ2n) is 5.30. The van der Waals surface area contributed by atoms with E-state index in [0.717, 1.165) is 25.7 Å². The van der Waals surface area contributed by atoms with Crippen molar-refractivity contribution in [2.24, 2.45) is 0 Å². The smallest absolute Gasteiger partial charge is 0.347 e. The molecular formula is C15H19Cl2NO3. The maximum absolute atomic E-state index is 12.0. The lowest BCUT2D eigenvalue weighted by Gasteiger charge is -2.23. The van der Waals surface area contributed by atoms with Gasteiger partial charge in [0.15, 0.2) is 6.10 Å². The number of rotatable bonds is 4. The number of carbonyl (C=O) groups excluding carboxylic acids is 1. The molecule has 1 aromatic heterocycles. The molecule has 21 heavy (non-hydrogen) atoms. The van der Waals surface area contributed by atoms with Crippen LogP contribution in [0.4, 0.5) is 0 Å². The lowest BCUT2D eigenvalue weighted by Crippen LogP contribution is -2.31. The fourth-order valence-electron chi connectivity index (χ4n) is 2.28. The van der Waals surface area contributed by atoms with Crippen LogP contribution in [0, 0.1) is 6.92 Å². The Morgan fingerprint density at radius 1 is 1.29 bits per heavy atom. The van der Waals surface area contributed by atoms with Crippen LogP contribution in [0.5, 0.6) is 5.88 Å². The van der Waals surface area contributed by atoms with E-state index < -0.39 is 6.10 Å². The summed E-state index contributed by atoms with van der Waals surface area (Å²) in [6, 6.07) is 1.56. The molecule has 1 heterocycles. The molecule has 1 fully saturated rings. The highest BCUT2D eigenvalue weighted by Gasteiger charge is 2.24. The summed E-state index contributed by atoms with van der Waals surface area (Å²) < 4.78 is 11.0. The summed E-state index contributed by atoms with van der Waals surface area (Å²) in [4.78, 5) is 16.2. The molecule has 0 radical (unpaired) electrons. The third-order valence-corrected chi connectivity index (χ3v) is 4.18. The van der Waals surface area contributed by atoms with Crippen molar-refractivity contribution in [3.63, 3.8) is 0 Å². The Bertz CT molecular complexity index is 516. The fourth-order valence-corrected chi connectivity index (χ4v) is 2.68. The number of ether oxygens (including phenoxy) is 2. The number of pyridine rings is 1. The number of halogens is 2. The van der Waals surface area contributed by atoms with Gasteiger partial charge < -0.3 is 9.47 Å². The monoisotopic (exact) mass is 331 g/mol. The molecule has 0 aliphatic heterocycles. The summed E-state index contributed by atoms with van der Waals surface area (Å²) in [6.07, 6.45) is 4.54. The Morgan fingerprint density at radius 3 is 2.62 bits per heavy atom. The first-order valence-electron chi connectivity index (χ1n) is 7.17. The van der Waals surface area contributed by atoms with Gasteiger partial charge in [-0.2, -0.15) is 0 Å². The summed E-state index contributed by atoms with van der Waals surface area (Å²) in [5.41, 5.74) is 0.601. The Hall–Kier alpha value is -1.000. The van der Waals surface area contributed by atoms with E-state index in [2.05, 4.69) is 4.98 Å². The van der Waals surface area contributed by atoms with Crippen LogP contribution >= 0.6 is 23.2 Å². The summed E-state index contributed by atoms with van der Waals surface area (Å²) in [6.45, 7) is 3.38. The van der Waals surface area contributed by atoms with Gasteiger partial charge in [0, 0.05) is 0 Å². The second kappa shape index (κ2) is 7.32. The lowest BCUT2D eigenvalue weighted by molar-refractivity contribution is -0.158. The van der Waals surface area contributed by atoms with Crippen molar-refractivity contribution in [2.75, 3.05) is 0 Å². The molecular weight excluding hydrogens is 313 g/mol. The lowest BCUT2D eigenvalue weighted by atomic mass is 9.98. The van der Waals surface area contributed by atoms with Gasteiger partial charge in [0.2, 0.25) is 5.88 Å². The first kappa shape index (κ1) is 16.4. The number of hydrogen-bond acceptors (Lipinski definition) is 4. The van der Waals surface area contributed by atoms with Gasteiger partial charge >= 0.3 is 5.97 Å². The van der Waals surface area contributed by atoms with Crippen molar-refractivity contribution in [2.45, 2.75) is 58.2 Å². The highest BCUT2D eigenvalue weighted by Crippen LogP contribution is 2.28. The first-order valence-corrected chi connectivity index (χ1v) is 7.92. The van der Waals surface area contributed by atoms with Gasteiger partial charge in [0.25, 0.3) is 0 Å². The molecule has 1 atom stereocenters. The van der Waals surface area contributed by atoms with Crippen LogP contribution in [0.2, 0.25) is 10.0 Å². The molecule has 1 aliphatic carbocycles. The van der Waals surface area contributed by atoms with Crippen molar-refractivity contribution in [3.05, 3.63) is 21.8 Å². The number of nitrogens with zero attached hydrogens (tertiary/aromatic N) is 1. The van der Waals surface area contributed by atoms with Crippen LogP contribution in [-0.2, 0) is 9.53 Å². The van der Waals surface area contributed by atoms with E-state index in [1.807, 2.05) is 0 Å². The molecule has 0 spiro atoms. The number of aromatic nitrogens is 1. The third kappa shape index (κ3) is 4.48. The SMILES string of the molecule is Cc1nc(OC(C)C(=O)OC2CCCCC2)c(Cl)cc1Cl. The highest BCUT2D eigenvalue weighted by atomic mass is 35.5. The maximum atomic E-state index is 12.0. The predicted molar refractivity (Wildman–Crippen MR) is 82.0 cm³/mol. The van der Waals surface area contributed by atoms with E-state index >= 15 is 0 Å². The molecule has 1 aromatic rings. The highest BCUT2D eigenvalue weighted by molar-refractivity contribution is 6.35. The Balaban J connectivity index is 1.95. The standard InChI is InChI=1S/C15H19Cl2NO3/c1-9-12(16)8-13(17)14(18-9)20-10(2)15(19)21-11-6-4-3-5-7-11/h8,10-11H,3-7H2,1-2H3. The normalized spacial score (nSPS) is 17.3. The zero-order chi connectivity index (χ0) is 15.4. The van der Waals surface area contributed by atoms with E-state index in [-0.39, 0.29) is 23.0 Å². The zero-order valence-corrected chi connectivity index (χ0v) is 13.7. The zero-order valence-electron chi connectivity index (χ0n) is 12.2. The first-order chi connectivity index (χ1) is 9.97. The van der Waals surface area contributed by atoms with Gasteiger partial charge in [-0.1, -0.05) is 29.6 Å². The minimum atomic E-state index is -0.752. The minimum absolute atomic E-state index is 0.00712. The van der Waals surface area contributed by atoms with Crippen LogP contribution in [0.25, 0.3) is 0 Å². The molecule has 0 amide bonds. The molecule has 2 rings (SSSR count). The molecule has 0 saturated heterocycles. The maximum Gasteiger partial charge on any atom is 0.347 e. The molecule has 1 aliphatic rings. The van der Waals surface area contributed by atoms with Crippen molar-refractivity contribution >= 4 is 29.2 Å². The molecule has 0 bridgehead atoms. The Kier molecular flexibility index (Phi) is 5.71. The van der Waals surface area contributed by atoms with Crippen LogP contribution in [0.1, 0.15) is 44.7 Å². The predicted octanol–water partition coefficient (Wildman–Crippen LogP) is 4.34. The third-order valence-electron chi connectivity index (χ3n) is 3.53. The number of hydrogen-bond donors (Lipinski definition) is 0. The fraction of sp³-hybridized carbons (Fsp3) is 0.600. The van der Waals surface area contributed by atoms with E-state index in [0.29, 0.717) is 10.7 Å². The largest absolute Gasteiger partial charge is 0.462 e. The number of carbonyl (C=O) groups is 1. The van der Waals surface area contributed by atoms with Gasteiger partial charge in [0.05, 0.1) is 10.7 Å². The summed E-state index contributed by atoms with van der Waals surface area (Å²) in [5, 5.41) is 0.743. The minimum Gasteiger partial charge on any atom is -0.462 e. The van der Waals surface area contributed by atoms with E-state index in [4.69, 9.17) is 32.7 Å². The van der Waals surface area contributed by atoms with Gasteiger partial charge in [0.1, 0.15) is 11.1 Å². The van der Waals surface area contributed by atoms with E-state index in [1.54, 1.807) is 19.9 Å². The van der Waals surface area contributed by atoms with Crippen molar-refractivity contribution in [3.8, 4) is 5.88 Å².